The average Bonchev–Trinajstić information content (AvgIpc) is 2.97. The lowest BCUT2D eigenvalue weighted by molar-refractivity contribution is 0.0347. The van der Waals surface area contributed by atoms with E-state index in [4.69, 9.17) is 4.74 Å². The van der Waals surface area contributed by atoms with Crippen molar-refractivity contribution in [2.45, 2.75) is 84.3 Å². The van der Waals surface area contributed by atoms with E-state index in [-0.39, 0.29) is 0 Å². The van der Waals surface area contributed by atoms with Crippen LogP contribution in [0.1, 0.15) is 71.6 Å². The first-order valence-electron chi connectivity index (χ1n) is 8.44. The van der Waals surface area contributed by atoms with Gasteiger partial charge in [0.2, 0.25) is 0 Å². The summed E-state index contributed by atoms with van der Waals surface area (Å²) in [6, 6.07) is 0. The Morgan fingerprint density at radius 2 is 1.80 bits per heavy atom. The van der Waals surface area contributed by atoms with E-state index >= 15 is 0 Å². The molecule has 0 aliphatic rings. The summed E-state index contributed by atoms with van der Waals surface area (Å²) in [7, 11) is 0. The topological polar surface area (TPSA) is 27.1 Å². The molecule has 3 nitrogen and oxygen atoms in total. The number of hydrogen-bond donors (Lipinski definition) is 0. The summed E-state index contributed by atoms with van der Waals surface area (Å²) < 4.78 is 8.25. The highest BCUT2D eigenvalue weighted by atomic mass is 16.5. The molecule has 1 rings (SSSR count). The molecule has 0 amide bonds. The van der Waals surface area contributed by atoms with Gasteiger partial charge in [-0.25, -0.2) is 4.98 Å². The van der Waals surface area contributed by atoms with Crippen LogP contribution in [0.2, 0.25) is 0 Å². The highest BCUT2D eigenvalue weighted by Gasteiger charge is 2.09. The van der Waals surface area contributed by atoms with Gasteiger partial charge in [-0.1, -0.05) is 52.4 Å². The van der Waals surface area contributed by atoms with E-state index in [0.29, 0.717) is 6.10 Å². The van der Waals surface area contributed by atoms with Gasteiger partial charge in [0.15, 0.2) is 0 Å². The zero-order chi connectivity index (χ0) is 14.5. The Labute approximate surface area is 124 Å². The van der Waals surface area contributed by atoms with Gasteiger partial charge in [0.25, 0.3) is 0 Å². The second-order valence-corrected chi connectivity index (χ2v) is 5.64. The minimum Gasteiger partial charge on any atom is -0.378 e. The van der Waals surface area contributed by atoms with Crippen molar-refractivity contribution in [1.82, 2.24) is 9.55 Å². The molecule has 1 aromatic rings. The van der Waals surface area contributed by atoms with Crippen LogP contribution in [0.4, 0.5) is 0 Å². The van der Waals surface area contributed by atoms with Gasteiger partial charge < -0.3 is 9.30 Å². The van der Waals surface area contributed by atoms with Crippen LogP contribution >= 0.6 is 0 Å². The highest BCUT2D eigenvalue weighted by molar-refractivity contribution is 4.74. The first-order valence-corrected chi connectivity index (χ1v) is 8.44. The summed E-state index contributed by atoms with van der Waals surface area (Å²) >= 11 is 0. The third-order valence-corrected chi connectivity index (χ3v) is 3.75. The summed E-state index contributed by atoms with van der Waals surface area (Å²) in [5.74, 6) is 0. The van der Waals surface area contributed by atoms with Crippen LogP contribution in [0.25, 0.3) is 0 Å². The minimum atomic E-state index is 0.422. The van der Waals surface area contributed by atoms with E-state index in [2.05, 4.69) is 23.4 Å². The maximum Gasteiger partial charge on any atom is 0.0945 e. The monoisotopic (exact) mass is 280 g/mol. The molecular formula is C17H32N2O. The van der Waals surface area contributed by atoms with E-state index in [1.54, 1.807) is 0 Å². The van der Waals surface area contributed by atoms with Gasteiger partial charge in [0.05, 0.1) is 12.4 Å². The van der Waals surface area contributed by atoms with Gasteiger partial charge in [0, 0.05) is 25.5 Å². The zero-order valence-electron chi connectivity index (χ0n) is 13.4. The summed E-state index contributed by atoms with van der Waals surface area (Å²) in [6.45, 7) is 6.46. The SMILES string of the molecule is CCCCCCOC(CCCCC)CCn1ccnc1. The quantitative estimate of drug-likeness (QED) is 0.484. The van der Waals surface area contributed by atoms with Gasteiger partial charge in [-0.15, -0.1) is 0 Å². The van der Waals surface area contributed by atoms with Crippen LogP contribution in [0.5, 0.6) is 0 Å². The van der Waals surface area contributed by atoms with Crippen molar-refractivity contribution in [2.75, 3.05) is 6.61 Å². The van der Waals surface area contributed by atoms with Crippen LogP contribution in [-0.4, -0.2) is 22.3 Å². The average molecular weight is 280 g/mol. The maximum absolute atomic E-state index is 6.10. The largest absolute Gasteiger partial charge is 0.378 e. The Morgan fingerprint density at radius 1 is 1.00 bits per heavy atom. The molecule has 0 aliphatic carbocycles. The van der Waals surface area contributed by atoms with Crippen LogP contribution < -0.4 is 0 Å². The molecule has 116 valence electrons. The molecule has 0 saturated heterocycles. The van der Waals surface area contributed by atoms with Crippen LogP contribution in [0, 0.1) is 0 Å². The van der Waals surface area contributed by atoms with E-state index in [0.717, 1.165) is 19.6 Å². The van der Waals surface area contributed by atoms with Crippen molar-refractivity contribution in [3.05, 3.63) is 18.7 Å². The molecule has 0 radical (unpaired) electrons. The fourth-order valence-corrected chi connectivity index (χ4v) is 2.42. The molecule has 0 fully saturated rings. The van der Waals surface area contributed by atoms with Crippen LogP contribution in [0.3, 0.4) is 0 Å². The van der Waals surface area contributed by atoms with Crippen LogP contribution in [-0.2, 0) is 11.3 Å². The molecule has 1 unspecified atom stereocenters. The van der Waals surface area contributed by atoms with Gasteiger partial charge in [-0.2, -0.15) is 0 Å². The Kier molecular flexibility index (Phi) is 10.3. The molecule has 0 saturated carbocycles. The van der Waals surface area contributed by atoms with Gasteiger partial charge in [-0.3, -0.25) is 0 Å². The maximum atomic E-state index is 6.10. The lowest BCUT2D eigenvalue weighted by atomic mass is 10.1. The molecule has 1 atom stereocenters. The fourth-order valence-electron chi connectivity index (χ4n) is 2.42. The van der Waals surface area contributed by atoms with Crippen molar-refractivity contribution >= 4 is 0 Å². The molecular weight excluding hydrogens is 248 g/mol. The van der Waals surface area contributed by atoms with E-state index < -0.39 is 0 Å². The van der Waals surface area contributed by atoms with Crippen LogP contribution in [0.15, 0.2) is 18.7 Å². The third-order valence-electron chi connectivity index (χ3n) is 3.75. The summed E-state index contributed by atoms with van der Waals surface area (Å²) in [5, 5.41) is 0. The second-order valence-electron chi connectivity index (χ2n) is 5.64. The number of aryl methyl sites for hydroxylation is 1. The fraction of sp³-hybridized carbons (Fsp3) is 0.824. The Hall–Kier alpha value is -0.830. The zero-order valence-corrected chi connectivity index (χ0v) is 13.4. The smallest absolute Gasteiger partial charge is 0.0945 e. The number of aromatic nitrogens is 2. The molecule has 0 spiro atoms. The van der Waals surface area contributed by atoms with Gasteiger partial charge in [0.1, 0.15) is 0 Å². The van der Waals surface area contributed by atoms with E-state index in [1.807, 2.05) is 18.7 Å². The predicted molar refractivity (Wildman–Crippen MR) is 84.9 cm³/mol. The van der Waals surface area contributed by atoms with Crippen molar-refractivity contribution < 1.29 is 4.74 Å². The molecule has 0 bridgehead atoms. The second kappa shape index (κ2) is 12.0. The molecule has 0 aliphatic heterocycles. The van der Waals surface area contributed by atoms with Crippen molar-refractivity contribution in [3.63, 3.8) is 0 Å². The molecule has 0 aromatic carbocycles. The first kappa shape index (κ1) is 17.2. The normalized spacial score (nSPS) is 12.7. The van der Waals surface area contributed by atoms with Gasteiger partial charge >= 0.3 is 0 Å². The number of unbranched alkanes of at least 4 members (excludes halogenated alkanes) is 5. The predicted octanol–water partition coefficient (Wildman–Crippen LogP) is 4.82. The Balaban J connectivity index is 2.19. The highest BCUT2D eigenvalue weighted by Crippen LogP contribution is 2.13. The number of hydrogen-bond acceptors (Lipinski definition) is 2. The molecule has 3 heteroatoms. The summed E-state index contributed by atoms with van der Waals surface area (Å²) in [5.41, 5.74) is 0. The van der Waals surface area contributed by atoms with Crippen molar-refractivity contribution in [2.24, 2.45) is 0 Å². The third kappa shape index (κ3) is 8.36. The minimum absolute atomic E-state index is 0.422. The lowest BCUT2D eigenvalue weighted by Gasteiger charge is -2.18. The molecule has 1 aromatic heterocycles. The van der Waals surface area contributed by atoms with Crippen molar-refractivity contribution in [3.8, 4) is 0 Å². The summed E-state index contributed by atoms with van der Waals surface area (Å²) in [6.07, 6.45) is 17.5. The Morgan fingerprint density at radius 3 is 2.50 bits per heavy atom. The Bertz CT molecular complexity index is 298. The van der Waals surface area contributed by atoms with E-state index in [9.17, 15) is 0 Å². The number of nitrogens with zero attached hydrogens (tertiary/aromatic N) is 2. The molecule has 0 N–H and O–H groups in total. The van der Waals surface area contributed by atoms with Crippen molar-refractivity contribution in [1.29, 1.82) is 0 Å². The van der Waals surface area contributed by atoms with E-state index in [1.165, 1.54) is 51.4 Å². The number of imidazole rings is 1. The molecule has 1 heterocycles. The standard InChI is InChI=1S/C17H32N2O/c1-3-5-7-9-15-20-17(10-8-6-4-2)11-13-19-14-12-18-16-19/h12,14,16-17H,3-11,13,15H2,1-2H3. The molecule has 20 heavy (non-hydrogen) atoms. The lowest BCUT2D eigenvalue weighted by Crippen LogP contribution is -2.16. The van der Waals surface area contributed by atoms with Gasteiger partial charge in [-0.05, 0) is 19.3 Å². The number of ether oxygens (including phenoxy) is 1. The summed E-state index contributed by atoms with van der Waals surface area (Å²) in [4.78, 5) is 4.09. The first-order chi connectivity index (χ1) is 9.86. The number of rotatable bonds is 13.